The summed E-state index contributed by atoms with van der Waals surface area (Å²) in [4.78, 5) is 10.0. The standard InChI is InChI=1S/C15H13N3O2S/c1-20-12-7-11-13(21-2)6-9(8-17-19)18-15(11)14-10(12)4-3-5-16-14/h3-8,19H,1-2H3/b17-8-. The summed E-state index contributed by atoms with van der Waals surface area (Å²) in [5.41, 5.74) is 2.13. The van der Waals surface area contributed by atoms with Crippen molar-refractivity contribution in [3.8, 4) is 5.75 Å². The quantitative estimate of drug-likeness (QED) is 0.264. The van der Waals surface area contributed by atoms with Gasteiger partial charge in [0.25, 0.3) is 0 Å². The number of hydrogen-bond acceptors (Lipinski definition) is 6. The Kier molecular flexibility index (Phi) is 3.62. The van der Waals surface area contributed by atoms with Crippen LogP contribution in [0, 0.1) is 0 Å². The van der Waals surface area contributed by atoms with Crippen LogP contribution in [0.4, 0.5) is 0 Å². The van der Waals surface area contributed by atoms with Crippen molar-refractivity contribution in [3.63, 3.8) is 0 Å². The summed E-state index contributed by atoms with van der Waals surface area (Å²) in [6.45, 7) is 0. The molecule has 5 nitrogen and oxygen atoms in total. The summed E-state index contributed by atoms with van der Waals surface area (Å²) >= 11 is 1.60. The van der Waals surface area contributed by atoms with Gasteiger partial charge < -0.3 is 9.94 Å². The van der Waals surface area contributed by atoms with Gasteiger partial charge in [0.1, 0.15) is 11.3 Å². The fraction of sp³-hybridized carbons (Fsp3) is 0.133. The van der Waals surface area contributed by atoms with E-state index in [1.165, 1.54) is 6.21 Å². The minimum Gasteiger partial charge on any atom is -0.496 e. The Labute approximate surface area is 125 Å². The van der Waals surface area contributed by atoms with Gasteiger partial charge in [0.2, 0.25) is 0 Å². The highest BCUT2D eigenvalue weighted by Crippen LogP contribution is 2.35. The molecule has 3 rings (SSSR count). The Morgan fingerprint density at radius 3 is 2.86 bits per heavy atom. The van der Waals surface area contributed by atoms with Crippen LogP contribution in [0.1, 0.15) is 5.69 Å². The van der Waals surface area contributed by atoms with E-state index in [0.29, 0.717) is 5.69 Å². The topological polar surface area (TPSA) is 67.6 Å². The fourth-order valence-electron chi connectivity index (χ4n) is 2.34. The largest absolute Gasteiger partial charge is 0.496 e. The summed E-state index contributed by atoms with van der Waals surface area (Å²) in [6.07, 6.45) is 5.04. The van der Waals surface area contributed by atoms with Crippen LogP contribution in [-0.2, 0) is 0 Å². The lowest BCUT2D eigenvalue weighted by molar-refractivity contribution is 0.321. The third-order valence-corrected chi connectivity index (χ3v) is 4.02. The molecule has 0 amide bonds. The minimum atomic E-state index is 0.589. The zero-order chi connectivity index (χ0) is 14.8. The Balaban J connectivity index is 2.50. The number of ether oxygens (including phenoxy) is 1. The Morgan fingerprint density at radius 1 is 1.29 bits per heavy atom. The molecule has 2 heterocycles. The van der Waals surface area contributed by atoms with Gasteiger partial charge in [0.05, 0.1) is 24.5 Å². The number of pyridine rings is 2. The average molecular weight is 299 g/mol. The molecule has 0 spiro atoms. The lowest BCUT2D eigenvalue weighted by Crippen LogP contribution is -1.95. The number of fused-ring (bicyclic) bond motifs is 3. The number of benzene rings is 1. The second-order valence-electron chi connectivity index (χ2n) is 4.37. The maximum Gasteiger partial charge on any atom is 0.129 e. The highest BCUT2D eigenvalue weighted by Gasteiger charge is 2.13. The molecule has 0 saturated carbocycles. The lowest BCUT2D eigenvalue weighted by Gasteiger charge is -2.11. The first kappa shape index (κ1) is 13.6. The molecule has 0 fully saturated rings. The number of oxime groups is 1. The number of hydrogen-bond donors (Lipinski definition) is 1. The second kappa shape index (κ2) is 5.57. The molecule has 0 aliphatic rings. The van der Waals surface area contributed by atoms with Gasteiger partial charge in [0, 0.05) is 21.9 Å². The molecule has 0 aliphatic heterocycles. The maximum atomic E-state index is 8.74. The Hall–Kier alpha value is -2.34. The van der Waals surface area contributed by atoms with Crippen LogP contribution in [0.15, 0.2) is 40.5 Å². The van der Waals surface area contributed by atoms with Gasteiger partial charge in [-0.1, -0.05) is 5.16 Å². The fourth-order valence-corrected chi connectivity index (χ4v) is 2.95. The van der Waals surface area contributed by atoms with Crippen LogP contribution in [0.2, 0.25) is 0 Å². The zero-order valence-corrected chi connectivity index (χ0v) is 12.4. The van der Waals surface area contributed by atoms with Crippen molar-refractivity contribution in [3.05, 3.63) is 36.2 Å². The first-order chi connectivity index (χ1) is 10.3. The summed E-state index contributed by atoms with van der Waals surface area (Å²) in [6, 6.07) is 7.66. The predicted octanol–water partition coefficient (Wildman–Crippen LogP) is 3.32. The van der Waals surface area contributed by atoms with Crippen LogP contribution >= 0.6 is 11.8 Å². The third kappa shape index (κ3) is 2.27. The molecule has 0 saturated heterocycles. The van der Waals surface area contributed by atoms with Crippen LogP contribution in [-0.4, -0.2) is 34.8 Å². The van der Waals surface area contributed by atoms with E-state index in [0.717, 1.165) is 32.5 Å². The third-order valence-electron chi connectivity index (χ3n) is 3.24. The van der Waals surface area contributed by atoms with Gasteiger partial charge >= 0.3 is 0 Å². The van der Waals surface area contributed by atoms with E-state index in [1.807, 2.05) is 30.5 Å². The lowest BCUT2D eigenvalue weighted by atomic mass is 10.1. The van der Waals surface area contributed by atoms with Crippen molar-refractivity contribution < 1.29 is 9.94 Å². The van der Waals surface area contributed by atoms with Gasteiger partial charge in [-0.3, -0.25) is 4.98 Å². The molecule has 21 heavy (non-hydrogen) atoms. The smallest absolute Gasteiger partial charge is 0.129 e. The molecule has 2 aromatic heterocycles. The molecule has 0 unspecified atom stereocenters. The van der Waals surface area contributed by atoms with E-state index in [1.54, 1.807) is 25.1 Å². The molecule has 0 bridgehead atoms. The first-order valence-corrected chi connectivity index (χ1v) is 7.49. The zero-order valence-electron chi connectivity index (χ0n) is 11.6. The van der Waals surface area contributed by atoms with Gasteiger partial charge in [-0.25, -0.2) is 4.98 Å². The van der Waals surface area contributed by atoms with E-state index in [2.05, 4.69) is 15.1 Å². The summed E-state index contributed by atoms with van der Waals surface area (Å²) < 4.78 is 5.47. The van der Waals surface area contributed by atoms with Crippen LogP contribution in [0.3, 0.4) is 0 Å². The van der Waals surface area contributed by atoms with Crippen molar-refractivity contribution in [1.82, 2.24) is 9.97 Å². The van der Waals surface area contributed by atoms with Crippen LogP contribution in [0.25, 0.3) is 21.8 Å². The van der Waals surface area contributed by atoms with Crippen molar-refractivity contribution in [2.45, 2.75) is 4.90 Å². The van der Waals surface area contributed by atoms with Crippen LogP contribution < -0.4 is 4.74 Å². The molecule has 1 N–H and O–H groups in total. The SMILES string of the molecule is COc1cc2c(SC)cc(/C=N\O)nc2c2ncccc12. The highest BCUT2D eigenvalue weighted by atomic mass is 32.2. The molecular formula is C15H13N3O2S. The summed E-state index contributed by atoms with van der Waals surface area (Å²) in [5.74, 6) is 0.770. The molecule has 1 aromatic carbocycles. The Morgan fingerprint density at radius 2 is 2.14 bits per heavy atom. The van der Waals surface area contributed by atoms with Crippen molar-refractivity contribution in [1.29, 1.82) is 0 Å². The van der Waals surface area contributed by atoms with E-state index in [-0.39, 0.29) is 0 Å². The number of thioether (sulfide) groups is 1. The molecule has 106 valence electrons. The Bertz CT molecular complexity index is 849. The van der Waals surface area contributed by atoms with Crippen molar-refractivity contribution >= 4 is 39.8 Å². The van der Waals surface area contributed by atoms with Crippen molar-refractivity contribution in [2.75, 3.05) is 13.4 Å². The average Bonchev–Trinajstić information content (AvgIpc) is 2.53. The first-order valence-electron chi connectivity index (χ1n) is 6.26. The minimum absolute atomic E-state index is 0.589. The molecule has 0 atom stereocenters. The van der Waals surface area contributed by atoms with Crippen molar-refractivity contribution in [2.24, 2.45) is 5.16 Å². The van der Waals surface area contributed by atoms with E-state index in [9.17, 15) is 0 Å². The van der Waals surface area contributed by atoms with Crippen LogP contribution in [0.5, 0.6) is 5.75 Å². The van der Waals surface area contributed by atoms with E-state index >= 15 is 0 Å². The molecule has 0 aliphatic carbocycles. The van der Waals surface area contributed by atoms with Gasteiger partial charge in [-0.05, 0) is 30.5 Å². The predicted molar refractivity (Wildman–Crippen MR) is 84.8 cm³/mol. The van der Waals surface area contributed by atoms with E-state index in [4.69, 9.17) is 9.94 Å². The summed E-state index contributed by atoms with van der Waals surface area (Å²) in [5, 5.41) is 13.7. The molecule has 0 radical (unpaired) electrons. The molecule has 3 aromatic rings. The number of rotatable bonds is 3. The second-order valence-corrected chi connectivity index (χ2v) is 5.22. The number of nitrogens with zero attached hydrogens (tertiary/aromatic N) is 3. The highest BCUT2D eigenvalue weighted by molar-refractivity contribution is 7.98. The summed E-state index contributed by atoms with van der Waals surface area (Å²) in [7, 11) is 1.65. The van der Waals surface area contributed by atoms with Gasteiger partial charge in [0.15, 0.2) is 0 Å². The molecule has 6 heteroatoms. The number of methoxy groups -OCH3 is 1. The molecular weight excluding hydrogens is 286 g/mol. The van der Waals surface area contributed by atoms with E-state index < -0.39 is 0 Å². The maximum absolute atomic E-state index is 8.74. The number of aromatic nitrogens is 2. The monoisotopic (exact) mass is 299 g/mol. The van der Waals surface area contributed by atoms with Gasteiger partial charge in [-0.2, -0.15) is 0 Å². The van der Waals surface area contributed by atoms with Gasteiger partial charge in [-0.15, -0.1) is 11.8 Å². The normalized spacial score (nSPS) is 11.5.